The van der Waals surface area contributed by atoms with Gasteiger partial charge in [-0.1, -0.05) is 6.07 Å². The smallest absolute Gasteiger partial charge is 0.354 e. The van der Waals surface area contributed by atoms with Gasteiger partial charge in [0.05, 0.1) is 5.60 Å². The van der Waals surface area contributed by atoms with Gasteiger partial charge in [-0.15, -0.1) is 12.4 Å². The second-order valence-corrected chi connectivity index (χ2v) is 4.85. The standard InChI is InChI=1S/C12H14N2O3.ClH/c15-11(16)8-2-1-7-6-13-10(5-9(7)14-8)12(17)3-4-12;/h1-2,10,13,17H,3-6H2,(H,15,16);1H. The van der Waals surface area contributed by atoms with Crippen LogP contribution in [-0.2, 0) is 13.0 Å². The Labute approximate surface area is 111 Å². The largest absolute Gasteiger partial charge is 0.477 e. The van der Waals surface area contributed by atoms with Gasteiger partial charge in [0.2, 0.25) is 0 Å². The van der Waals surface area contributed by atoms with E-state index >= 15 is 0 Å². The summed E-state index contributed by atoms with van der Waals surface area (Å²) in [6, 6.07) is 3.33. The van der Waals surface area contributed by atoms with Crippen molar-refractivity contribution in [2.24, 2.45) is 0 Å². The van der Waals surface area contributed by atoms with Crippen LogP contribution in [0.15, 0.2) is 12.1 Å². The number of carbonyl (C=O) groups is 1. The van der Waals surface area contributed by atoms with Crippen LogP contribution in [0.5, 0.6) is 0 Å². The Morgan fingerprint density at radius 1 is 1.44 bits per heavy atom. The van der Waals surface area contributed by atoms with Gasteiger partial charge in [-0.25, -0.2) is 9.78 Å². The molecule has 0 bridgehead atoms. The third-order valence-electron chi connectivity index (χ3n) is 3.63. The maximum Gasteiger partial charge on any atom is 0.354 e. The summed E-state index contributed by atoms with van der Waals surface area (Å²) in [7, 11) is 0. The number of aromatic carboxylic acids is 1. The predicted octanol–water partition coefficient (Wildman–Crippen LogP) is 0.741. The SMILES string of the molecule is Cl.O=C(O)c1ccc2c(n1)CC(C1(O)CC1)NC2. The molecule has 0 saturated heterocycles. The molecule has 5 nitrogen and oxygen atoms in total. The van der Waals surface area contributed by atoms with Crippen LogP contribution in [0.3, 0.4) is 0 Å². The molecule has 0 spiro atoms. The van der Waals surface area contributed by atoms with Gasteiger partial charge in [-0.3, -0.25) is 0 Å². The zero-order valence-corrected chi connectivity index (χ0v) is 10.5. The fraction of sp³-hybridized carbons (Fsp3) is 0.500. The lowest BCUT2D eigenvalue weighted by molar-refractivity contribution is 0.0689. The Bertz CT molecular complexity index is 488. The molecule has 0 amide bonds. The summed E-state index contributed by atoms with van der Waals surface area (Å²) in [6.07, 6.45) is 2.24. The fourth-order valence-electron chi connectivity index (χ4n) is 2.34. The van der Waals surface area contributed by atoms with Crippen molar-refractivity contribution in [3.63, 3.8) is 0 Å². The van der Waals surface area contributed by atoms with Gasteiger partial charge in [0, 0.05) is 24.7 Å². The van der Waals surface area contributed by atoms with E-state index in [-0.39, 0.29) is 24.1 Å². The first-order chi connectivity index (χ1) is 8.08. The highest BCUT2D eigenvalue weighted by Crippen LogP contribution is 2.40. The number of halogens is 1. The molecule has 98 valence electrons. The summed E-state index contributed by atoms with van der Waals surface area (Å²) < 4.78 is 0. The summed E-state index contributed by atoms with van der Waals surface area (Å²) in [5.74, 6) is -1.01. The van der Waals surface area contributed by atoms with Gasteiger partial charge in [-0.05, 0) is 24.5 Å². The van der Waals surface area contributed by atoms with E-state index in [1.165, 1.54) is 6.07 Å². The first-order valence-corrected chi connectivity index (χ1v) is 5.76. The summed E-state index contributed by atoms with van der Waals surface area (Å²) in [5.41, 5.74) is 1.30. The van der Waals surface area contributed by atoms with Crippen molar-refractivity contribution < 1.29 is 15.0 Å². The molecule has 1 aliphatic carbocycles. The molecular weight excluding hydrogens is 256 g/mol. The van der Waals surface area contributed by atoms with Crippen molar-refractivity contribution in [1.29, 1.82) is 0 Å². The second-order valence-electron chi connectivity index (χ2n) is 4.85. The zero-order chi connectivity index (χ0) is 12.0. The number of fused-ring (bicyclic) bond motifs is 1. The number of hydrogen-bond acceptors (Lipinski definition) is 4. The first kappa shape index (κ1) is 13.3. The topological polar surface area (TPSA) is 82.5 Å². The van der Waals surface area contributed by atoms with Crippen molar-refractivity contribution in [2.45, 2.75) is 37.5 Å². The van der Waals surface area contributed by atoms with Crippen LogP contribution in [0, 0.1) is 0 Å². The number of aliphatic hydroxyl groups is 1. The Morgan fingerprint density at radius 2 is 2.17 bits per heavy atom. The highest BCUT2D eigenvalue weighted by atomic mass is 35.5. The van der Waals surface area contributed by atoms with Crippen LogP contribution in [0.4, 0.5) is 0 Å². The molecule has 18 heavy (non-hydrogen) atoms. The Morgan fingerprint density at radius 3 is 2.78 bits per heavy atom. The maximum atomic E-state index is 10.8. The number of nitrogens with zero attached hydrogens (tertiary/aromatic N) is 1. The number of aromatic nitrogens is 1. The number of nitrogens with one attached hydrogen (secondary N) is 1. The number of hydrogen-bond donors (Lipinski definition) is 3. The van der Waals surface area contributed by atoms with Gasteiger partial charge in [-0.2, -0.15) is 0 Å². The van der Waals surface area contributed by atoms with Crippen LogP contribution in [0.2, 0.25) is 0 Å². The molecule has 3 N–H and O–H groups in total. The van der Waals surface area contributed by atoms with E-state index in [0.29, 0.717) is 13.0 Å². The van der Waals surface area contributed by atoms with Gasteiger partial charge in [0.15, 0.2) is 0 Å². The molecule has 0 aromatic carbocycles. The van der Waals surface area contributed by atoms with Crippen molar-refractivity contribution in [1.82, 2.24) is 10.3 Å². The summed E-state index contributed by atoms with van der Waals surface area (Å²) >= 11 is 0. The molecule has 1 atom stereocenters. The third-order valence-corrected chi connectivity index (χ3v) is 3.63. The molecule has 1 aromatic heterocycles. The van der Waals surface area contributed by atoms with Crippen LogP contribution >= 0.6 is 12.4 Å². The van der Waals surface area contributed by atoms with E-state index in [0.717, 1.165) is 24.1 Å². The first-order valence-electron chi connectivity index (χ1n) is 5.76. The molecule has 1 aliphatic heterocycles. The molecule has 1 aromatic rings. The lowest BCUT2D eigenvalue weighted by Crippen LogP contribution is -2.46. The average Bonchev–Trinajstić information content (AvgIpc) is 3.07. The number of rotatable bonds is 2. The predicted molar refractivity (Wildman–Crippen MR) is 67.0 cm³/mol. The second kappa shape index (κ2) is 4.50. The van der Waals surface area contributed by atoms with Gasteiger partial charge >= 0.3 is 5.97 Å². The Balaban J connectivity index is 0.00000120. The highest BCUT2D eigenvalue weighted by Gasteiger charge is 2.48. The monoisotopic (exact) mass is 270 g/mol. The molecule has 1 unspecified atom stereocenters. The molecular formula is C12H15ClN2O3. The van der Waals surface area contributed by atoms with E-state index < -0.39 is 11.6 Å². The minimum absolute atomic E-state index is 0. The molecule has 6 heteroatoms. The minimum Gasteiger partial charge on any atom is -0.477 e. The quantitative estimate of drug-likeness (QED) is 0.738. The fourth-order valence-corrected chi connectivity index (χ4v) is 2.34. The van der Waals surface area contributed by atoms with Crippen LogP contribution in [0.1, 0.15) is 34.6 Å². The van der Waals surface area contributed by atoms with E-state index in [1.54, 1.807) is 6.07 Å². The lowest BCUT2D eigenvalue weighted by atomic mass is 9.95. The summed E-state index contributed by atoms with van der Waals surface area (Å²) in [6.45, 7) is 0.648. The number of carboxylic acids is 1. The van der Waals surface area contributed by atoms with Crippen molar-refractivity contribution in [3.05, 3.63) is 29.1 Å². The minimum atomic E-state index is -1.01. The van der Waals surface area contributed by atoms with Gasteiger partial charge < -0.3 is 15.5 Å². The zero-order valence-electron chi connectivity index (χ0n) is 9.72. The van der Waals surface area contributed by atoms with E-state index in [1.807, 2.05) is 0 Å². The van der Waals surface area contributed by atoms with Crippen LogP contribution in [0.25, 0.3) is 0 Å². The van der Waals surface area contributed by atoms with Crippen LogP contribution in [-0.4, -0.2) is 32.8 Å². The molecule has 1 fully saturated rings. The Kier molecular flexibility index (Phi) is 3.31. The highest BCUT2D eigenvalue weighted by molar-refractivity contribution is 5.85. The van der Waals surface area contributed by atoms with Crippen molar-refractivity contribution in [2.75, 3.05) is 0 Å². The van der Waals surface area contributed by atoms with E-state index in [4.69, 9.17) is 5.11 Å². The average molecular weight is 271 g/mol. The van der Waals surface area contributed by atoms with E-state index in [9.17, 15) is 9.90 Å². The lowest BCUT2D eigenvalue weighted by Gasteiger charge is -2.29. The molecule has 2 heterocycles. The number of carboxylic acid groups (broad SMARTS) is 1. The normalized spacial score (nSPS) is 23.7. The van der Waals surface area contributed by atoms with Gasteiger partial charge in [0.1, 0.15) is 5.69 Å². The summed E-state index contributed by atoms with van der Waals surface area (Å²) in [5, 5.41) is 22.2. The van der Waals surface area contributed by atoms with Crippen molar-refractivity contribution >= 4 is 18.4 Å². The third kappa shape index (κ3) is 2.21. The number of pyridine rings is 1. The summed E-state index contributed by atoms with van der Waals surface area (Å²) in [4.78, 5) is 15.0. The molecule has 3 rings (SSSR count). The Hall–Kier alpha value is -1.17. The van der Waals surface area contributed by atoms with Gasteiger partial charge in [0.25, 0.3) is 0 Å². The van der Waals surface area contributed by atoms with E-state index in [2.05, 4.69) is 10.3 Å². The maximum absolute atomic E-state index is 10.8. The van der Waals surface area contributed by atoms with Crippen molar-refractivity contribution in [3.8, 4) is 0 Å². The molecule has 0 radical (unpaired) electrons. The molecule has 1 saturated carbocycles. The van der Waals surface area contributed by atoms with Crippen LogP contribution < -0.4 is 5.32 Å². The molecule has 2 aliphatic rings.